The number of amides is 1. The van der Waals surface area contributed by atoms with Crippen LogP contribution in [0.1, 0.15) is 32.4 Å². The molecule has 1 amide bonds. The standard InChI is InChI=1S/C16H20N2O2S/c1-11(2)13-5-3-7-18(13)15(19)9-12-10-20-16(17-12)14-6-4-8-21-14/h4,6,8,10-11,13H,3,5,7,9H2,1-2H3. The highest BCUT2D eigenvalue weighted by atomic mass is 32.1. The maximum Gasteiger partial charge on any atom is 0.236 e. The minimum absolute atomic E-state index is 0.164. The molecule has 1 aliphatic rings. The first-order valence-electron chi connectivity index (χ1n) is 7.43. The number of likely N-dealkylation sites (tertiary alicyclic amines) is 1. The van der Waals surface area contributed by atoms with Gasteiger partial charge in [0.25, 0.3) is 0 Å². The van der Waals surface area contributed by atoms with Crippen LogP contribution in [0, 0.1) is 5.92 Å². The van der Waals surface area contributed by atoms with Crippen LogP contribution >= 0.6 is 11.3 Å². The van der Waals surface area contributed by atoms with Crippen molar-refractivity contribution in [1.29, 1.82) is 0 Å². The Labute approximate surface area is 128 Å². The molecule has 5 heteroatoms. The van der Waals surface area contributed by atoms with Gasteiger partial charge in [-0.15, -0.1) is 11.3 Å². The summed E-state index contributed by atoms with van der Waals surface area (Å²) in [5.74, 6) is 1.28. The second-order valence-electron chi connectivity index (χ2n) is 5.84. The maximum absolute atomic E-state index is 12.5. The zero-order chi connectivity index (χ0) is 14.8. The predicted octanol–water partition coefficient (Wildman–Crippen LogP) is 3.59. The smallest absolute Gasteiger partial charge is 0.236 e. The van der Waals surface area contributed by atoms with Crippen molar-refractivity contribution in [3.05, 3.63) is 29.5 Å². The van der Waals surface area contributed by atoms with Gasteiger partial charge in [0.15, 0.2) is 0 Å². The number of rotatable bonds is 4. The molecule has 1 saturated heterocycles. The Morgan fingerprint density at radius 2 is 2.43 bits per heavy atom. The minimum atomic E-state index is 0.164. The highest BCUT2D eigenvalue weighted by molar-refractivity contribution is 7.13. The lowest BCUT2D eigenvalue weighted by Crippen LogP contribution is -2.39. The van der Waals surface area contributed by atoms with Crippen LogP contribution in [0.25, 0.3) is 10.8 Å². The van der Waals surface area contributed by atoms with Gasteiger partial charge in [-0.05, 0) is 30.2 Å². The number of hydrogen-bond acceptors (Lipinski definition) is 4. The summed E-state index contributed by atoms with van der Waals surface area (Å²) in [4.78, 5) is 19.9. The molecule has 4 nitrogen and oxygen atoms in total. The molecule has 0 bridgehead atoms. The number of thiophene rings is 1. The Hall–Kier alpha value is -1.62. The molecule has 0 saturated carbocycles. The molecule has 0 N–H and O–H groups in total. The first kappa shape index (κ1) is 14.3. The van der Waals surface area contributed by atoms with E-state index in [1.54, 1.807) is 17.6 Å². The number of hydrogen-bond donors (Lipinski definition) is 0. The highest BCUT2D eigenvalue weighted by Gasteiger charge is 2.31. The summed E-state index contributed by atoms with van der Waals surface area (Å²) >= 11 is 1.59. The van der Waals surface area contributed by atoms with E-state index < -0.39 is 0 Å². The van der Waals surface area contributed by atoms with Gasteiger partial charge < -0.3 is 9.32 Å². The molecule has 1 unspecified atom stereocenters. The van der Waals surface area contributed by atoms with Crippen LogP contribution in [0.5, 0.6) is 0 Å². The minimum Gasteiger partial charge on any atom is -0.444 e. The van der Waals surface area contributed by atoms with E-state index in [1.165, 1.54) is 0 Å². The van der Waals surface area contributed by atoms with Crippen LogP contribution in [0.2, 0.25) is 0 Å². The molecular formula is C16H20N2O2S. The van der Waals surface area contributed by atoms with Gasteiger partial charge in [-0.1, -0.05) is 19.9 Å². The Bertz CT molecular complexity index is 604. The van der Waals surface area contributed by atoms with Gasteiger partial charge in [-0.2, -0.15) is 0 Å². The third kappa shape index (κ3) is 3.02. The summed E-state index contributed by atoms with van der Waals surface area (Å²) in [5.41, 5.74) is 0.720. The maximum atomic E-state index is 12.5. The Balaban J connectivity index is 1.68. The van der Waals surface area contributed by atoms with Crippen molar-refractivity contribution in [2.75, 3.05) is 6.54 Å². The molecule has 0 radical (unpaired) electrons. The topological polar surface area (TPSA) is 46.3 Å². The normalized spacial score (nSPS) is 18.6. The summed E-state index contributed by atoms with van der Waals surface area (Å²) in [6, 6.07) is 4.31. The average molecular weight is 304 g/mol. The number of aromatic nitrogens is 1. The number of nitrogens with zero attached hydrogens (tertiary/aromatic N) is 2. The molecule has 112 valence electrons. The molecule has 2 aromatic rings. The Morgan fingerprint density at radius 1 is 1.57 bits per heavy atom. The first-order valence-corrected chi connectivity index (χ1v) is 8.31. The summed E-state index contributed by atoms with van der Waals surface area (Å²) in [6.45, 7) is 5.24. The van der Waals surface area contributed by atoms with E-state index in [1.807, 2.05) is 22.4 Å². The molecule has 0 aromatic carbocycles. The highest BCUT2D eigenvalue weighted by Crippen LogP contribution is 2.26. The largest absolute Gasteiger partial charge is 0.444 e. The van der Waals surface area contributed by atoms with Gasteiger partial charge >= 0.3 is 0 Å². The van der Waals surface area contributed by atoms with Crippen LogP contribution in [0.3, 0.4) is 0 Å². The molecule has 2 aromatic heterocycles. The lowest BCUT2D eigenvalue weighted by Gasteiger charge is -2.27. The molecule has 0 aliphatic carbocycles. The molecule has 3 rings (SSSR count). The van der Waals surface area contributed by atoms with E-state index in [9.17, 15) is 4.79 Å². The van der Waals surface area contributed by atoms with Gasteiger partial charge in [-0.3, -0.25) is 4.79 Å². The van der Waals surface area contributed by atoms with E-state index in [0.29, 0.717) is 24.3 Å². The van der Waals surface area contributed by atoms with Crippen molar-refractivity contribution in [2.24, 2.45) is 5.92 Å². The van der Waals surface area contributed by atoms with Crippen LogP contribution in [0.4, 0.5) is 0 Å². The van der Waals surface area contributed by atoms with E-state index in [2.05, 4.69) is 18.8 Å². The van der Waals surface area contributed by atoms with E-state index >= 15 is 0 Å². The Morgan fingerprint density at radius 3 is 3.14 bits per heavy atom. The average Bonchev–Trinajstić information content (AvgIpc) is 3.19. The van der Waals surface area contributed by atoms with E-state index in [0.717, 1.165) is 30.0 Å². The lowest BCUT2D eigenvalue weighted by atomic mass is 10.0. The second-order valence-corrected chi connectivity index (χ2v) is 6.79. The quantitative estimate of drug-likeness (QED) is 0.867. The van der Waals surface area contributed by atoms with E-state index in [-0.39, 0.29) is 5.91 Å². The van der Waals surface area contributed by atoms with Crippen molar-refractivity contribution in [3.8, 4) is 10.8 Å². The molecule has 0 spiro atoms. The summed E-state index contributed by atoms with van der Waals surface area (Å²) in [7, 11) is 0. The van der Waals surface area contributed by atoms with Gasteiger partial charge in [0.2, 0.25) is 11.8 Å². The zero-order valence-electron chi connectivity index (χ0n) is 12.4. The zero-order valence-corrected chi connectivity index (χ0v) is 13.2. The molecule has 1 atom stereocenters. The van der Waals surface area contributed by atoms with Crippen molar-refractivity contribution in [2.45, 2.75) is 39.2 Å². The Kier molecular flexibility index (Phi) is 4.10. The van der Waals surface area contributed by atoms with Crippen molar-refractivity contribution in [1.82, 2.24) is 9.88 Å². The summed E-state index contributed by atoms with van der Waals surface area (Å²) < 4.78 is 5.48. The third-order valence-corrected chi connectivity index (χ3v) is 4.86. The van der Waals surface area contributed by atoms with Crippen molar-refractivity contribution in [3.63, 3.8) is 0 Å². The first-order chi connectivity index (χ1) is 10.1. The molecule has 1 fully saturated rings. The summed E-state index contributed by atoms with van der Waals surface area (Å²) in [5, 5.41) is 1.99. The van der Waals surface area contributed by atoms with Crippen molar-refractivity contribution < 1.29 is 9.21 Å². The van der Waals surface area contributed by atoms with Gasteiger partial charge in [0, 0.05) is 12.6 Å². The monoisotopic (exact) mass is 304 g/mol. The SMILES string of the molecule is CC(C)C1CCCN1C(=O)Cc1coc(-c2cccs2)n1. The van der Waals surface area contributed by atoms with Crippen LogP contribution in [-0.2, 0) is 11.2 Å². The molecule has 21 heavy (non-hydrogen) atoms. The van der Waals surface area contributed by atoms with Crippen LogP contribution in [-0.4, -0.2) is 28.4 Å². The fourth-order valence-corrected chi connectivity index (χ4v) is 3.61. The van der Waals surface area contributed by atoms with E-state index in [4.69, 9.17) is 4.42 Å². The fourth-order valence-electron chi connectivity index (χ4n) is 2.95. The number of carbonyl (C=O) groups excluding carboxylic acids is 1. The molecule has 1 aliphatic heterocycles. The van der Waals surface area contributed by atoms with Crippen LogP contribution in [0.15, 0.2) is 28.2 Å². The summed E-state index contributed by atoms with van der Waals surface area (Å²) in [6.07, 6.45) is 4.15. The molecule has 3 heterocycles. The predicted molar refractivity (Wildman–Crippen MR) is 83.1 cm³/mol. The van der Waals surface area contributed by atoms with Crippen molar-refractivity contribution >= 4 is 17.2 Å². The van der Waals surface area contributed by atoms with Crippen LogP contribution < -0.4 is 0 Å². The third-order valence-electron chi connectivity index (χ3n) is 4.01. The second kappa shape index (κ2) is 6.02. The number of carbonyl (C=O) groups is 1. The number of oxazole rings is 1. The lowest BCUT2D eigenvalue weighted by molar-refractivity contribution is -0.132. The fraction of sp³-hybridized carbons (Fsp3) is 0.500. The van der Waals surface area contributed by atoms with Gasteiger partial charge in [-0.25, -0.2) is 4.98 Å². The molecular weight excluding hydrogens is 284 g/mol. The van der Waals surface area contributed by atoms with Gasteiger partial charge in [0.05, 0.1) is 17.0 Å². The van der Waals surface area contributed by atoms with Gasteiger partial charge in [0.1, 0.15) is 6.26 Å².